The molecule has 0 aliphatic heterocycles. The average Bonchev–Trinajstić information content (AvgIpc) is 3.03. The van der Waals surface area contributed by atoms with E-state index in [0.29, 0.717) is 6.54 Å². The molecule has 0 bridgehead atoms. The lowest BCUT2D eigenvalue weighted by molar-refractivity contribution is 0.578. The Hall–Kier alpha value is -1.59. The lowest BCUT2D eigenvalue weighted by Gasteiger charge is -2.00. The minimum Gasteiger partial charge on any atom is -0.463 e. The van der Waals surface area contributed by atoms with Crippen molar-refractivity contribution < 1.29 is 4.42 Å². The number of nitrogens with two attached hydrogens (primary N) is 1. The molecule has 5 heteroatoms. The normalized spacial score (nSPS) is 11.4. The zero-order chi connectivity index (χ0) is 11.7. The van der Waals surface area contributed by atoms with Crippen LogP contribution in [0.5, 0.6) is 0 Å². The number of thiazole rings is 1. The highest BCUT2D eigenvalue weighted by Crippen LogP contribution is 2.28. The van der Waals surface area contributed by atoms with Gasteiger partial charge in [0, 0.05) is 11.8 Å². The lowest BCUT2D eigenvalue weighted by Crippen LogP contribution is -2.03. The number of hydrogen-bond donors (Lipinski definition) is 1. The van der Waals surface area contributed by atoms with Crippen LogP contribution in [0.2, 0.25) is 0 Å². The standard InChI is InChI=1S/C12H13N3OS/c13-5-1-4-11-14-7-12-15(11)9(8-17-12)10-3-2-6-16-10/h2-3,6-8H,1,4-5,13H2. The first-order chi connectivity index (χ1) is 8.40. The Balaban J connectivity index is 2.09. The molecule has 0 aliphatic carbocycles. The van der Waals surface area contributed by atoms with E-state index < -0.39 is 0 Å². The smallest absolute Gasteiger partial charge is 0.151 e. The monoisotopic (exact) mass is 247 g/mol. The quantitative estimate of drug-likeness (QED) is 0.770. The first-order valence-corrected chi connectivity index (χ1v) is 6.46. The summed E-state index contributed by atoms with van der Waals surface area (Å²) in [5, 5.41) is 2.10. The third kappa shape index (κ3) is 1.77. The van der Waals surface area contributed by atoms with Crippen LogP contribution in [0.15, 0.2) is 34.4 Å². The number of nitrogens with zero attached hydrogens (tertiary/aromatic N) is 2. The fourth-order valence-electron chi connectivity index (χ4n) is 1.91. The summed E-state index contributed by atoms with van der Waals surface area (Å²) in [6, 6.07) is 3.86. The number of aromatic nitrogens is 2. The summed E-state index contributed by atoms with van der Waals surface area (Å²) in [5.41, 5.74) is 6.61. The molecule has 3 rings (SSSR count). The van der Waals surface area contributed by atoms with Crippen LogP contribution >= 0.6 is 11.3 Å². The van der Waals surface area contributed by atoms with Crippen LogP contribution < -0.4 is 5.73 Å². The van der Waals surface area contributed by atoms with Gasteiger partial charge in [0.2, 0.25) is 0 Å². The SMILES string of the molecule is NCCCc1ncc2scc(-c3ccco3)n12. The minimum atomic E-state index is 0.690. The maximum absolute atomic E-state index is 5.54. The van der Waals surface area contributed by atoms with Crippen molar-refractivity contribution in [2.24, 2.45) is 5.73 Å². The second kappa shape index (κ2) is 4.35. The summed E-state index contributed by atoms with van der Waals surface area (Å²) < 4.78 is 7.60. The Bertz CT molecular complexity index is 609. The Morgan fingerprint density at radius 1 is 1.47 bits per heavy atom. The van der Waals surface area contributed by atoms with Crippen molar-refractivity contribution in [3.05, 3.63) is 35.8 Å². The van der Waals surface area contributed by atoms with Gasteiger partial charge in [-0.3, -0.25) is 4.40 Å². The third-order valence-corrected chi connectivity index (χ3v) is 3.58. The summed E-state index contributed by atoms with van der Waals surface area (Å²) in [5.74, 6) is 1.93. The van der Waals surface area contributed by atoms with E-state index in [2.05, 4.69) is 14.8 Å². The average molecular weight is 247 g/mol. The lowest BCUT2D eigenvalue weighted by atomic mass is 10.3. The highest BCUT2D eigenvalue weighted by molar-refractivity contribution is 7.15. The second-order valence-corrected chi connectivity index (χ2v) is 4.73. The zero-order valence-corrected chi connectivity index (χ0v) is 10.1. The van der Waals surface area contributed by atoms with Crippen molar-refractivity contribution in [3.63, 3.8) is 0 Å². The van der Waals surface area contributed by atoms with Gasteiger partial charge in [-0.2, -0.15) is 0 Å². The predicted octanol–water partition coefficient (Wildman–Crippen LogP) is 2.55. The number of imidazole rings is 1. The number of hydrogen-bond acceptors (Lipinski definition) is 4. The van der Waals surface area contributed by atoms with Gasteiger partial charge in [-0.1, -0.05) is 0 Å². The van der Waals surface area contributed by atoms with Gasteiger partial charge in [-0.05, 0) is 25.1 Å². The third-order valence-electron chi connectivity index (χ3n) is 2.71. The number of fused-ring (bicyclic) bond motifs is 1. The van der Waals surface area contributed by atoms with E-state index in [9.17, 15) is 0 Å². The van der Waals surface area contributed by atoms with Crippen LogP contribution in [0.25, 0.3) is 16.3 Å². The molecule has 0 aliphatic rings. The number of rotatable bonds is 4. The first-order valence-electron chi connectivity index (χ1n) is 5.58. The van der Waals surface area contributed by atoms with Gasteiger partial charge in [-0.15, -0.1) is 11.3 Å². The van der Waals surface area contributed by atoms with Gasteiger partial charge in [0.1, 0.15) is 16.3 Å². The molecule has 17 heavy (non-hydrogen) atoms. The van der Waals surface area contributed by atoms with Crippen molar-refractivity contribution in [2.75, 3.05) is 6.54 Å². The van der Waals surface area contributed by atoms with Crippen LogP contribution in [-0.4, -0.2) is 15.9 Å². The molecule has 88 valence electrons. The second-order valence-electron chi connectivity index (χ2n) is 3.84. The molecule has 0 amide bonds. The fraction of sp³-hybridized carbons (Fsp3) is 0.250. The summed E-state index contributed by atoms with van der Waals surface area (Å²) >= 11 is 1.68. The topological polar surface area (TPSA) is 56.5 Å². The summed E-state index contributed by atoms with van der Waals surface area (Å²) in [7, 11) is 0. The molecule has 0 spiro atoms. The van der Waals surface area contributed by atoms with E-state index in [4.69, 9.17) is 10.2 Å². The zero-order valence-electron chi connectivity index (χ0n) is 9.30. The van der Waals surface area contributed by atoms with Gasteiger partial charge in [0.15, 0.2) is 5.76 Å². The van der Waals surface area contributed by atoms with Gasteiger partial charge in [-0.25, -0.2) is 4.98 Å². The van der Waals surface area contributed by atoms with E-state index in [1.54, 1.807) is 17.6 Å². The molecule has 4 nitrogen and oxygen atoms in total. The predicted molar refractivity (Wildman–Crippen MR) is 68.1 cm³/mol. The Morgan fingerprint density at radius 3 is 3.18 bits per heavy atom. The van der Waals surface area contributed by atoms with E-state index in [1.807, 2.05) is 18.3 Å². The van der Waals surface area contributed by atoms with E-state index in [-0.39, 0.29) is 0 Å². The minimum absolute atomic E-state index is 0.690. The molecule has 0 fully saturated rings. The van der Waals surface area contributed by atoms with Crippen molar-refractivity contribution in [1.29, 1.82) is 0 Å². The highest BCUT2D eigenvalue weighted by Gasteiger charge is 2.12. The van der Waals surface area contributed by atoms with E-state index in [1.165, 1.54) is 0 Å². The molecule has 3 heterocycles. The molecule has 0 atom stereocenters. The largest absolute Gasteiger partial charge is 0.463 e. The molecule has 0 aromatic carbocycles. The molecule has 0 saturated heterocycles. The molecule has 3 aromatic heterocycles. The molecular weight excluding hydrogens is 234 g/mol. The van der Waals surface area contributed by atoms with Gasteiger partial charge in [0.05, 0.1) is 12.5 Å². The molecule has 0 saturated carbocycles. The Labute approximate surface area is 103 Å². The van der Waals surface area contributed by atoms with Crippen molar-refractivity contribution in [3.8, 4) is 11.5 Å². The summed E-state index contributed by atoms with van der Waals surface area (Å²) in [6.07, 6.45) is 5.44. The first kappa shape index (κ1) is 10.6. The highest BCUT2D eigenvalue weighted by atomic mass is 32.1. The van der Waals surface area contributed by atoms with Gasteiger partial charge in [0.25, 0.3) is 0 Å². The maximum atomic E-state index is 5.54. The molecular formula is C12H13N3OS. The molecule has 2 N–H and O–H groups in total. The summed E-state index contributed by atoms with van der Waals surface area (Å²) in [4.78, 5) is 5.58. The van der Waals surface area contributed by atoms with Crippen LogP contribution in [0.4, 0.5) is 0 Å². The van der Waals surface area contributed by atoms with Crippen molar-refractivity contribution in [2.45, 2.75) is 12.8 Å². The summed E-state index contributed by atoms with van der Waals surface area (Å²) in [6.45, 7) is 0.690. The number of aryl methyl sites for hydroxylation is 1. The van der Waals surface area contributed by atoms with Crippen molar-refractivity contribution >= 4 is 16.2 Å². The van der Waals surface area contributed by atoms with Crippen molar-refractivity contribution in [1.82, 2.24) is 9.38 Å². The van der Waals surface area contributed by atoms with Crippen LogP contribution in [-0.2, 0) is 6.42 Å². The van der Waals surface area contributed by atoms with Crippen LogP contribution in [0.3, 0.4) is 0 Å². The fourth-order valence-corrected chi connectivity index (χ4v) is 2.79. The molecule has 0 unspecified atom stereocenters. The Kier molecular flexibility index (Phi) is 2.70. The molecule has 0 radical (unpaired) electrons. The molecule has 3 aromatic rings. The maximum Gasteiger partial charge on any atom is 0.151 e. The van der Waals surface area contributed by atoms with E-state index in [0.717, 1.165) is 35.0 Å². The Morgan fingerprint density at radius 2 is 2.41 bits per heavy atom. The van der Waals surface area contributed by atoms with Crippen LogP contribution in [0, 0.1) is 0 Å². The van der Waals surface area contributed by atoms with Crippen LogP contribution in [0.1, 0.15) is 12.2 Å². The van der Waals surface area contributed by atoms with Gasteiger partial charge >= 0.3 is 0 Å². The van der Waals surface area contributed by atoms with E-state index >= 15 is 0 Å². The van der Waals surface area contributed by atoms with Gasteiger partial charge < -0.3 is 10.2 Å². The number of furan rings is 1.